The number of hydrogen-bond acceptors (Lipinski definition) is 7. The third-order valence-electron chi connectivity index (χ3n) is 12.2. The van der Waals surface area contributed by atoms with Gasteiger partial charge >= 0.3 is 6.03 Å². The van der Waals surface area contributed by atoms with E-state index in [2.05, 4.69) is 29.8 Å². The van der Waals surface area contributed by atoms with Gasteiger partial charge in [0.1, 0.15) is 12.1 Å². The van der Waals surface area contributed by atoms with Crippen LogP contribution in [0.5, 0.6) is 0 Å². The molecule has 5 aliphatic rings. The highest BCUT2D eigenvalue weighted by Crippen LogP contribution is 2.65. The van der Waals surface area contributed by atoms with Gasteiger partial charge in [-0.2, -0.15) is 0 Å². The molecule has 1 saturated heterocycles. The number of fused-ring (bicyclic) bond motifs is 1. The lowest BCUT2D eigenvalue weighted by molar-refractivity contribution is -0.144. The summed E-state index contributed by atoms with van der Waals surface area (Å²) in [6.07, 6.45) is 10.2. The molecule has 0 spiro atoms. The van der Waals surface area contributed by atoms with E-state index in [1.165, 1.54) is 0 Å². The molecule has 5 fully saturated rings. The number of piperidine rings is 1. The Morgan fingerprint density at radius 1 is 0.896 bits per heavy atom. The van der Waals surface area contributed by atoms with Gasteiger partial charge in [0.05, 0.1) is 22.1 Å². The molecule has 3 unspecified atom stereocenters. The van der Waals surface area contributed by atoms with Crippen molar-refractivity contribution in [1.29, 1.82) is 0 Å². The fourth-order valence-corrected chi connectivity index (χ4v) is 10.2. The summed E-state index contributed by atoms with van der Waals surface area (Å²) in [7, 11) is -3.55. The molecule has 0 bridgehead atoms. The second kappa shape index (κ2) is 13.5. The van der Waals surface area contributed by atoms with Crippen LogP contribution in [-0.2, 0) is 29.0 Å². The fraction of sp³-hybridized carbons (Fsp3) is 0.857. The van der Waals surface area contributed by atoms with Crippen molar-refractivity contribution < 1.29 is 32.4 Å². The van der Waals surface area contributed by atoms with Crippen molar-refractivity contribution in [3.8, 4) is 0 Å². The number of primary amides is 1. The summed E-state index contributed by atoms with van der Waals surface area (Å²) >= 11 is 0. The van der Waals surface area contributed by atoms with Gasteiger partial charge in [0.25, 0.3) is 5.91 Å². The maximum absolute atomic E-state index is 14.6. The molecule has 0 aromatic rings. The number of nitrogens with two attached hydrogens (primary N) is 1. The van der Waals surface area contributed by atoms with E-state index in [4.69, 9.17) is 5.73 Å². The molecule has 4 aliphatic carbocycles. The van der Waals surface area contributed by atoms with Crippen molar-refractivity contribution >= 4 is 39.4 Å². The first-order valence-corrected chi connectivity index (χ1v) is 19.8. The minimum atomic E-state index is -3.55. The maximum Gasteiger partial charge on any atom is 0.315 e. The van der Waals surface area contributed by atoms with Gasteiger partial charge in [0, 0.05) is 6.54 Å². The number of nitrogens with one attached hydrogen (secondary N) is 3. The minimum Gasteiger partial charge on any atom is -0.363 e. The zero-order valence-corrected chi connectivity index (χ0v) is 30.3. The predicted molar refractivity (Wildman–Crippen MR) is 181 cm³/mol. The number of carbonyl (C=O) groups is 5. The van der Waals surface area contributed by atoms with Gasteiger partial charge in [-0.3, -0.25) is 19.2 Å². The van der Waals surface area contributed by atoms with Crippen LogP contribution < -0.4 is 21.7 Å². The number of nitrogens with zero attached hydrogens (tertiary/aromatic N) is 1. The minimum absolute atomic E-state index is 0.0832. The van der Waals surface area contributed by atoms with E-state index in [-0.39, 0.29) is 40.7 Å². The first-order chi connectivity index (χ1) is 22.4. The fourth-order valence-electron chi connectivity index (χ4n) is 8.72. The molecular formula is C35H57N5O7S. The van der Waals surface area contributed by atoms with Crippen LogP contribution in [0, 0.1) is 29.1 Å². The van der Waals surface area contributed by atoms with E-state index in [0.29, 0.717) is 25.8 Å². The summed E-state index contributed by atoms with van der Waals surface area (Å²) in [6.45, 7) is 9.50. The third kappa shape index (κ3) is 7.70. The molecule has 12 nitrogen and oxygen atoms in total. The molecule has 13 heteroatoms. The van der Waals surface area contributed by atoms with Gasteiger partial charge < -0.3 is 26.6 Å². The summed E-state index contributed by atoms with van der Waals surface area (Å²) in [5.74, 6) is -2.83. The molecule has 4 saturated carbocycles. The van der Waals surface area contributed by atoms with Gasteiger partial charge in [0.2, 0.25) is 17.6 Å². The number of rotatable bonds is 12. The predicted octanol–water partition coefficient (Wildman–Crippen LogP) is 2.97. The van der Waals surface area contributed by atoms with Crippen LogP contribution in [0.25, 0.3) is 0 Å². The molecular weight excluding hydrogens is 634 g/mol. The van der Waals surface area contributed by atoms with Crippen LogP contribution in [0.2, 0.25) is 0 Å². The first kappa shape index (κ1) is 36.6. The van der Waals surface area contributed by atoms with E-state index < -0.39 is 61.9 Å². The van der Waals surface area contributed by atoms with E-state index in [1.54, 1.807) is 25.7 Å². The Balaban J connectivity index is 1.37. The third-order valence-corrected chi connectivity index (χ3v) is 15.0. The van der Waals surface area contributed by atoms with Crippen molar-refractivity contribution in [2.45, 2.75) is 147 Å². The van der Waals surface area contributed by atoms with Gasteiger partial charge in [0.15, 0.2) is 9.84 Å². The van der Waals surface area contributed by atoms with Crippen molar-refractivity contribution in [3.05, 3.63) is 0 Å². The average Bonchev–Trinajstić information content (AvgIpc) is 3.86. The molecule has 5 rings (SSSR count). The van der Waals surface area contributed by atoms with E-state index in [9.17, 15) is 32.4 Å². The number of likely N-dealkylation sites (tertiary alicyclic amines) is 1. The Hall–Kier alpha value is -2.70. The Morgan fingerprint density at radius 3 is 2.06 bits per heavy atom. The molecule has 5 N–H and O–H groups in total. The van der Waals surface area contributed by atoms with Crippen LogP contribution in [-0.4, -0.2) is 83.6 Å². The summed E-state index contributed by atoms with van der Waals surface area (Å²) in [5, 5.41) is 8.85. The molecule has 0 aromatic heterocycles. The van der Waals surface area contributed by atoms with Gasteiger partial charge in [-0.25, -0.2) is 13.2 Å². The largest absolute Gasteiger partial charge is 0.363 e. The average molecular weight is 692 g/mol. The Bertz CT molecular complexity index is 1390. The Morgan fingerprint density at radius 2 is 1.50 bits per heavy atom. The Labute approximate surface area is 285 Å². The monoisotopic (exact) mass is 691 g/mol. The molecule has 0 aromatic carbocycles. The zero-order valence-electron chi connectivity index (χ0n) is 29.4. The zero-order chi connectivity index (χ0) is 35.2. The summed E-state index contributed by atoms with van der Waals surface area (Å²) in [6, 6.07) is -3.34. The van der Waals surface area contributed by atoms with Crippen LogP contribution >= 0.6 is 0 Å². The molecule has 1 aliphatic heterocycles. The van der Waals surface area contributed by atoms with Gasteiger partial charge in [-0.1, -0.05) is 65.2 Å². The maximum atomic E-state index is 14.6. The molecule has 0 radical (unpaired) electrons. The quantitative estimate of drug-likeness (QED) is 0.227. The number of carbonyl (C=O) groups excluding carboxylic acids is 5. The number of urea groups is 1. The topological polar surface area (TPSA) is 185 Å². The Kier molecular flexibility index (Phi) is 10.3. The van der Waals surface area contributed by atoms with Crippen LogP contribution in [0.3, 0.4) is 0 Å². The number of hydrogen-bond donors (Lipinski definition) is 4. The highest BCUT2D eigenvalue weighted by atomic mass is 32.2. The smallest absolute Gasteiger partial charge is 0.315 e. The molecule has 270 valence electrons. The lowest BCUT2D eigenvalue weighted by atomic mass is 9.82. The summed E-state index contributed by atoms with van der Waals surface area (Å²) in [4.78, 5) is 68.6. The van der Waals surface area contributed by atoms with Crippen LogP contribution in [0.15, 0.2) is 0 Å². The van der Waals surface area contributed by atoms with Crippen molar-refractivity contribution in [1.82, 2.24) is 20.9 Å². The van der Waals surface area contributed by atoms with Crippen LogP contribution in [0.1, 0.15) is 118 Å². The second-order valence-corrected chi connectivity index (χ2v) is 19.8. The second-order valence-electron chi connectivity index (χ2n) is 17.0. The standard InChI is InChI=1S/C35H57N5O7S/c1-33(2,3)48(46,47)20-35(16-10-7-11-17-35)39-32(45)38-26(22-12-8-6-9-13-22)31(44)40-19-23-25(34(23,4)5)27(40)30(43)37-24(18-21-14-15-21)28(41)29(36)42/h21-27H,6-20H2,1-5H3,(H2,36,42)(H,37,43)(H2,38,39,45)/t23?,24?,25?,26-,27-/m0/s1. The number of sulfone groups is 1. The van der Waals surface area contributed by atoms with Crippen molar-refractivity contribution in [3.63, 3.8) is 0 Å². The van der Waals surface area contributed by atoms with E-state index >= 15 is 0 Å². The number of amides is 5. The highest BCUT2D eigenvalue weighted by molar-refractivity contribution is 7.92. The lowest BCUT2D eigenvalue weighted by Crippen LogP contribution is -2.63. The highest BCUT2D eigenvalue weighted by Gasteiger charge is 2.70. The molecule has 5 amide bonds. The van der Waals surface area contributed by atoms with E-state index in [0.717, 1.165) is 64.2 Å². The number of ketones is 1. The van der Waals surface area contributed by atoms with Gasteiger partial charge in [-0.05, 0) is 82.0 Å². The number of Topliss-reactive ketones (excluding diaryl/α,β-unsaturated/α-hetero) is 1. The van der Waals surface area contributed by atoms with Crippen molar-refractivity contribution in [2.24, 2.45) is 34.8 Å². The van der Waals surface area contributed by atoms with Crippen molar-refractivity contribution in [2.75, 3.05) is 12.3 Å². The molecule has 1 heterocycles. The van der Waals surface area contributed by atoms with Gasteiger partial charge in [-0.15, -0.1) is 0 Å². The normalized spacial score (nSPS) is 28.0. The summed E-state index contributed by atoms with van der Waals surface area (Å²) in [5.41, 5.74) is 4.22. The van der Waals surface area contributed by atoms with Crippen LogP contribution in [0.4, 0.5) is 4.79 Å². The molecule has 5 atom stereocenters. The molecule has 48 heavy (non-hydrogen) atoms. The lowest BCUT2D eigenvalue weighted by Gasteiger charge is -2.41. The first-order valence-electron chi connectivity index (χ1n) is 18.1. The van der Waals surface area contributed by atoms with E-state index in [1.807, 2.05) is 0 Å². The summed E-state index contributed by atoms with van der Waals surface area (Å²) < 4.78 is 25.7. The SMILES string of the molecule is CC1(C)C2CN(C(=O)[C@@H](NC(=O)NC3(CS(=O)(=O)C(C)(C)C)CCCCC3)C3CCCCC3)[C@H](C(=O)NC(CC3CC3)C(=O)C(N)=O)C21.